The number of hydrogen-bond acceptors (Lipinski definition) is 5. The van der Waals surface area contributed by atoms with E-state index in [0.29, 0.717) is 5.56 Å². The Hall–Kier alpha value is -2.19. The first-order valence-electron chi connectivity index (χ1n) is 7.65. The summed E-state index contributed by atoms with van der Waals surface area (Å²) in [6, 6.07) is 6.92. The summed E-state index contributed by atoms with van der Waals surface area (Å²) < 4.78 is 40.7. The van der Waals surface area contributed by atoms with Crippen LogP contribution in [0.25, 0.3) is 0 Å². The number of rotatable bonds is 4. The van der Waals surface area contributed by atoms with Gasteiger partial charge in [0.25, 0.3) is 0 Å². The maximum absolute atomic E-state index is 12.3. The second kappa shape index (κ2) is 5.96. The Morgan fingerprint density at radius 1 is 1.12 bits per heavy atom. The van der Waals surface area contributed by atoms with Gasteiger partial charge in [0.2, 0.25) is 0 Å². The van der Waals surface area contributed by atoms with Crippen molar-refractivity contribution in [3.05, 3.63) is 54.1 Å². The van der Waals surface area contributed by atoms with E-state index in [1.165, 1.54) is 36.7 Å². The largest absolute Gasteiger partial charge is 0.573 e. The molecule has 5 nitrogen and oxygen atoms in total. The van der Waals surface area contributed by atoms with Crippen LogP contribution in [0.3, 0.4) is 0 Å². The second-order valence-corrected chi connectivity index (χ2v) is 6.59. The summed E-state index contributed by atoms with van der Waals surface area (Å²) in [7, 11) is 0. The molecule has 0 saturated heterocycles. The van der Waals surface area contributed by atoms with E-state index in [2.05, 4.69) is 14.7 Å². The molecule has 2 aromatic rings. The minimum Gasteiger partial charge on any atom is -0.406 e. The van der Waals surface area contributed by atoms with Crippen LogP contribution in [0.5, 0.6) is 5.75 Å². The van der Waals surface area contributed by atoms with Gasteiger partial charge in [-0.2, -0.15) is 0 Å². The van der Waals surface area contributed by atoms with E-state index >= 15 is 0 Å². The molecule has 1 saturated carbocycles. The Kier molecular flexibility index (Phi) is 4.20. The van der Waals surface area contributed by atoms with Gasteiger partial charge in [0.1, 0.15) is 11.9 Å². The van der Waals surface area contributed by atoms with Crippen molar-refractivity contribution in [1.82, 2.24) is 9.97 Å². The third-order valence-electron chi connectivity index (χ3n) is 4.41. The van der Waals surface area contributed by atoms with Gasteiger partial charge in [0, 0.05) is 17.8 Å². The molecule has 134 valence electrons. The minimum absolute atomic E-state index is 0.202. The van der Waals surface area contributed by atoms with Gasteiger partial charge in [-0.3, -0.25) is 0 Å². The molecule has 1 aromatic carbocycles. The molecule has 1 aromatic heterocycles. The Morgan fingerprint density at radius 3 is 2.16 bits per heavy atom. The zero-order valence-corrected chi connectivity index (χ0v) is 13.4. The summed E-state index contributed by atoms with van der Waals surface area (Å²) in [5, 5.41) is 21.0. The first-order valence-corrected chi connectivity index (χ1v) is 7.65. The van der Waals surface area contributed by atoms with E-state index in [9.17, 15) is 23.4 Å². The van der Waals surface area contributed by atoms with Crippen molar-refractivity contribution in [1.29, 1.82) is 0 Å². The predicted molar refractivity (Wildman–Crippen MR) is 81.7 cm³/mol. The van der Waals surface area contributed by atoms with Crippen LogP contribution < -0.4 is 4.74 Å². The van der Waals surface area contributed by atoms with Crippen LogP contribution in [-0.4, -0.2) is 32.1 Å². The molecule has 1 unspecified atom stereocenters. The van der Waals surface area contributed by atoms with E-state index in [4.69, 9.17) is 0 Å². The summed E-state index contributed by atoms with van der Waals surface area (Å²) in [5.41, 5.74) is -1.26. The molecule has 0 spiro atoms. The number of benzene rings is 1. The van der Waals surface area contributed by atoms with Crippen molar-refractivity contribution in [2.45, 2.75) is 43.2 Å². The van der Waals surface area contributed by atoms with Crippen molar-refractivity contribution in [2.24, 2.45) is 0 Å². The second-order valence-electron chi connectivity index (χ2n) is 6.59. The fourth-order valence-corrected chi connectivity index (χ4v) is 3.55. The lowest BCUT2D eigenvalue weighted by Crippen LogP contribution is -2.56. The maximum Gasteiger partial charge on any atom is 0.573 e. The average molecular weight is 354 g/mol. The van der Waals surface area contributed by atoms with Crippen LogP contribution in [0, 0.1) is 0 Å². The molecule has 8 heteroatoms. The molecule has 0 radical (unpaired) electrons. The maximum atomic E-state index is 12.3. The number of aliphatic hydroxyl groups excluding tert-OH is 1. The summed E-state index contributed by atoms with van der Waals surface area (Å²) in [6.45, 7) is 1.64. The van der Waals surface area contributed by atoms with Crippen molar-refractivity contribution < 1.29 is 28.1 Å². The van der Waals surface area contributed by atoms with Crippen LogP contribution in [-0.2, 0) is 5.41 Å². The normalized spacial score (nSPS) is 27.4. The summed E-state index contributed by atoms with van der Waals surface area (Å²) >= 11 is 0. The first-order chi connectivity index (χ1) is 11.6. The zero-order valence-electron chi connectivity index (χ0n) is 13.4. The average Bonchev–Trinajstić information content (AvgIpc) is 2.51. The lowest BCUT2D eigenvalue weighted by molar-refractivity contribution is -0.274. The fourth-order valence-electron chi connectivity index (χ4n) is 3.55. The van der Waals surface area contributed by atoms with Gasteiger partial charge in [-0.1, -0.05) is 12.1 Å². The van der Waals surface area contributed by atoms with Crippen molar-refractivity contribution in [3.8, 4) is 5.75 Å². The molecule has 1 heterocycles. The van der Waals surface area contributed by atoms with E-state index in [1.807, 2.05) is 0 Å². The summed E-state index contributed by atoms with van der Waals surface area (Å²) in [4.78, 5) is 8.10. The highest BCUT2D eigenvalue weighted by molar-refractivity contribution is 5.38. The molecule has 25 heavy (non-hydrogen) atoms. The van der Waals surface area contributed by atoms with Crippen LogP contribution >= 0.6 is 0 Å². The van der Waals surface area contributed by atoms with Gasteiger partial charge in [-0.15, -0.1) is 13.2 Å². The lowest BCUT2D eigenvalue weighted by Gasteiger charge is -2.54. The van der Waals surface area contributed by atoms with Crippen molar-refractivity contribution >= 4 is 0 Å². The van der Waals surface area contributed by atoms with Crippen molar-refractivity contribution in [3.63, 3.8) is 0 Å². The first kappa shape index (κ1) is 17.6. The topological polar surface area (TPSA) is 75.5 Å². The molecule has 0 bridgehead atoms. The van der Waals surface area contributed by atoms with Crippen LogP contribution in [0.4, 0.5) is 13.2 Å². The highest BCUT2D eigenvalue weighted by Crippen LogP contribution is 2.56. The van der Waals surface area contributed by atoms with Crippen LogP contribution in [0.2, 0.25) is 0 Å². The molecule has 1 atom stereocenters. The molecule has 3 rings (SSSR count). The Balaban J connectivity index is 1.92. The lowest BCUT2D eigenvalue weighted by atomic mass is 9.54. The van der Waals surface area contributed by atoms with E-state index < -0.39 is 23.5 Å². The third kappa shape index (κ3) is 3.59. The van der Waals surface area contributed by atoms with Gasteiger partial charge in [-0.25, -0.2) is 9.97 Å². The third-order valence-corrected chi connectivity index (χ3v) is 4.41. The van der Waals surface area contributed by atoms with Gasteiger partial charge in [0.05, 0.1) is 5.60 Å². The number of aromatic nitrogens is 2. The summed E-state index contributed by atoms with van der Waals surface area (Å²) in [5.74, 6) is -0.142. The highest BCUT2D eigenvalue weighted by atomic mass is 19.4. The van der Waals surface area contributed by atoms with Crippen molar-refractivity contribution in [2.75, 3.05) is 0 Å². The minimum atomic E-state index is -4.77. The molecule has 0 aliphatic heterocycles. The van der Waals surface area contributed by atoms with Crippen LogP contribution in [0.1, 0.15) is 37.3 Å². The molecule has 1 aliphatic rings. The molecule has 1 fully saturated rings. The predicted octanol–water partition coefficient (Wildman–Crippen LogP) is 2.89. The molecular formula is C17H17F3N2O3. The van der Waals surface area contributed by atoms with E-state index in [0.717, 1.165) is 0 Å². The smallest absolute Gasteiger partial charge is 0.406 e. The van der Waals surface area contributed by atoms with Gasteiger partial charge in [-0.05, 0) is 43.5 Å². The van der Waals surface area contributed by atoms with E-state index in [-0.39, 0.29) is 24.4 Å². The van der Waals surface area contributed by atoms with Gasteiger partial charge < -0.3 is 14.9 Å². The number of hydrogen-bond donors (Lipinski definition) is 2. The highest BCUT2D eigenvalue weighted by Gasteiger charge is 2.57. The fraction of sp³-hybridized carbons (Fsp3) is 0.412. The number of halogens is 3. The Labute approximate surface area is 142 Å². The number of alkyl halides is 3. The number of aliphatic hydroxyl groups is 2. The Morgan fingerprint density at radius 2 is 1.68 bits per heavy atom. The number of ether oxygens (including phenoxy) is 1. The van der Waals surface area contributed by atoms with E-state index in [1.54, 1.807) is 13.0 Å². The summed E-state index contributed by atoms with van der Waals surface area (Å²) in [6.07, 6.45) is -2.40. The molecule has 1 aliphatic carbocycles. The number of nitrogens with zero attached hydrogens (tertiary/aromatic N) is 2. The molecule has 0 amide bonds. The SMILES string of the molecule is CC1(O)CC(c2ccc(OC(F)(F)F)cc2)(C(O)c2ncccn2)C1. The van der Waals surface area contributed by atoms with Gasteiger partial charge >= 0.3 is 6.36 Å². The van der Waals surface area contributed by atoms with Gasteiger partial charge in [0.15, 0.2) is 5.82 Å². The zero-order chi connectivity index (χ0) is 18.3. The Bertz CT molecular complexity index is 725. The standard InChI is InChI=1S/C17H17F3N2O3/c1-15(24)9-16(10-15,13(23)14-21-7-2-8-22-14)11-3-5-12(6-4-11)25-17(18,19)20/h2-8,13,23-24H,9-10H2,1H3. The van der Waals surface area contributed by atoms with Crippen LogP contribution in [0.15, 0.2) is 42.7 Å². The quantitative estimate of drug-likeness (QED) is 0.883. The monoisotopic (exact) mass is 354 g/mol. The molecule has 2 N–H and O–H groups in total. The molecular weight excluding hydrogens is 337 g/mol.